The van der Waals surface area contributed by atoms with Gasteiger partial charge in [0.2, 0.25) is 0 Å². The van der Waals surface area contributed by atoms with Crippen molar-refractivity contribution in [2.75, 3.05) is 0 Å². The van der Waals surface area contributed by atoms with E-state index in [1.165, 1.54) is 6.42 Å². The molecule has 3 aliphatic rings. The fourth-order valence-corrected chi connectivity index (χ4v) is 3.72. The Labute approximate surface area is 72.0 Å². The quantitative estimate of drug-likeness (QED) is 0.585. The second kappa shape index (κ2) is 1.92. The van der Waals surface area contributed by atoms with Crippen LogP contribution in [0.25, 0.3) is 0 Å². The second-order valence-electron chi connectivity index (χ2n) is 4.98. The van der Waals surface area contributed by atoms with E-state index in [2.05, 4.69) is 0 Å². The fourth-order valence-electron chi connectivity index (χ4n) is 3.72. The second-order valence-corrected chi connectivity index (χ2v) is 4.98. The van der Waals surface area contributed by atoms with E-state index in [1.54, 1.807) is 0 Å². The molecule has 0 aromatic heterocycles. The highest BCUT2D eigenvalue weighted by Crippen LogP contribution is 2.55. The highest BCUT2D eigenvalue weighted by molar-refractivity contribution is 5.83. The van der Waals surface area contributed by atoms with Crippen molar-refractivity contribution in [2.45, 2.75) is 37.7 Å². The lowest BCUT2D eigenvalue weighted by Gasteiger charge is -2.35. The Morgan fingerprint density at radius 1 is 1.33 bits per heavy atom. The van der Waals surface area contributed by atoms with Crippen LogP contribution in [0, 0.1) is 17.8 Å². The predicted octanol–water partition coefficient (Wildman–Crippen LogP) is 1.13. The molecule has 3 rings (SSSR count). The predicted molar refractivity (Wildman–Crippen MR) is 43.5 cm³/mol. The maximum atomic E-state index is 11.5. The number of Topliss-reactive ketones (excluding diaryl/α,β-unsaturated/α-hetero) is 1. The summed E-state index contributed by atoms with van der Waals surface area (Å²) in [5, 5.41) is 10.1. The molecule has 2 heteroatoms. The number of ketones is 1. The molecule has 0 spiro atoms. The highest BCUT2D eigenvalue weighted by atomic mass is 16.3. The van der Waals surface area contributed by atoms with Crippen molar-refractivity contribution in [3.63, 3.8) is 0 Å². The summed E-state index contributed by atoms with van der Waals surface area (Å²) in [6, 6.07) is 0. The van der Waals surface area contributed by atoms with E-state index in [9.17, 15) is 9.90 Å². The monoisotopic (exact) mass is 166 g/mol. The van der Waals surface area contributed by atoms with Crippen molar-refractivity contribution in [1.82, 2.24) is 0 Å². The van der Waals surface area contributed by atoms with Crippen LogP contribution in [0.4, 0.5) is 0 Å². The van der Waals surface area contributed by atoms with Crippen molar-refractivity contribution in [3.05, 3.63) is 0 Å². The van der Waals surface area contributed by atoms with Gasteiger partial charge in [0.05, 0.1) is 5.60 Å². The standard InChI is InChI=1S/C10H14O2/c11-9-2-6-1-7-4-10(12,3-6)5-8(7)9/h6-8,12H,1-5H2. The molecule has 12 heavy (non-hydrogen) atoms. The number of carbonyl (C=O) groups excluding carboxylic acids is 1. The van der Waals surface area contributed by atoms with E-state index in [-0.39, 0.29) is 5.92 Å². The van der Waals surface area contributed by atoms with Gasteiger partial charge < -0.3 is 5.11 Å². The molecule has 0 aliphatic heterocycles. The normalized spacial score (nSPS) is 56.4. The number of hydrogen-bond donors (Lipinski definition) is 1. The van der Waals surface area contributed by atoms with Gasteiger partial charge in [-0.2, -0.15) is 0 Å². The first-order chi connectivity index (χ1) is 5.66. The molecule has 3 saturated carbocycles. The molecule has 0 radical (unpaired) electrons. The molecule has 1 N–H and O–H groups in total. The van der Waals surface area contributed by atoms with Crippen molar-refractivity contribution < 1.29 is 9.90 Å². The van der Waals surface area contributed by atoms with Gasteiger partial charge in [-0.15, -0.1) is 0 Å². The maximum Gasteiger partial charge on any atom is 0.136 e. The van der Waals surface area contributed by atoms with Gasteiger partial charge in [-0.3, -0.25) is 4.79 Å². The van der Waals surface area contributed by atoms with Gasteiger partial charge in [-0.1, -0.05) is 0 Å². The highest BCUT2D eigenvalue weighted by Gasteiger charge is 2.55. The molecular formula is C10H14O2. The molecule has 0 saturated heterocycles. The average Bonchev–Trinajstić information content (AvgIpc) is 2.14. The number of fused-ring (bicyclic) bond motifs is 2. The summed E-state index contributed by atoms with van der Waals surface area (Å²) in [5.74, 6) is 1.72. The van der Waals surface area contributed by atoms with Crippen LogP contribution in [-0.4, -0.2) is 16.5 Å². The summed E-state index contributed by atoms with van der Waals surface area (Å²) in [6.45, 7) is 0. The smallest absolute Gasteiger partial charge is 0.136 e. The lowest BCUT2D eigenvalue weighted by Crippen LogP contribution is -2.35. The first-order valence-electron chi connectivity index (χ1n) is 4.91. The molecule has 66 valence electrons. The van der Waals surface area contributed by atoms with E-state index >= 15 is 0 Å². The van der Waals surface area contributed by atoms with Gasteiger partial charge in [0.15, 0.2) is 0 Å². The minimum absolute atomic E-state index is 0.230. The summed E-state index contributed by atoms with van der Waals surface area (Å²) >= 11 is 0. The Kier molecular flexibility index (Phi) is 1.13. The topological polar surface area (TPSA) is 37.3 Å². The molecule has 4 unspecified atom stereocenters. The van der Waals surface area contributed by atoms with Gasteiger partial charge in [-0.25, -0.2) is 0 Å². The lowest BCUT2D eigenvalue weighted by atomic mass is 9.71. The molecule has 4 atom stereocenters. The zero-order valence-corrected chi connectivity index (χ0v) is 7.12. The van der Waals surface area contributed by atoms with Crippen molar-refractivity contribution in [1.29, 1.82) is 0 Å². The molecule has 2 nitrogen and oxygen atoms in total. The van der Waals surface area contributed by atoms with Crippen molar-refractivity contribution in [3.8, 4) is 0 Å². The third-order valence-electron chi connectivity index (χ3n) is 4.02. The van der Waals surface area contributed by atoms with Crippen LogP contribution in [-0.2, 0) is 4.79 Å². The summed E-state index contributed by atoms with van der Waals surface area (Å²) in [4.78, 5) is 11.5. The molecule has 3 aliphatic carbocycles. The third kappa shape index (κ3) is 0.764. The van der Waals surface area contributed by atoms with Crippen molar-refractivity contribution >= 4 is 5.78 Å². The molecule has 0 heterocycles. The Morgan fingerprint density at radius 2 is 2.17 bits per heavy atom. The average molecular weight is 166 g/mol. The van der Waals surface area contributed by atoms with Gasteiger partial charge in [0.1, 0.15) is 5.78 Å². The van der Waals surface area contributed by atoms with Gasteiger partial charge >= 0.3 is 0 Å². The molecule has 3 fully saturated rings. The lowest BCUT2D eigenvalue weighted by molar-refractivity contribution is -0.127. The van der Waals surface area contributed by atoms with Crippen LogP contribution in [0.5, 0.6) is 0 Å². The van der Waals surface area contributed by atoms with Crippen LogP contribution < -0.4 is 0 Å². The van der Waals surface area contributed by atoms with Gasteiger partial charge in [0.25, 0.3) is 0 Å². The van der Waals surface area contributed by atoms with E-state index < -0.39 is 5.60 Å². The molecule has 0 amide bonds. The zero-order chi connectivity index (χ0) is 8.34. The number of hydrogen-bond acceptors (Lipinski definition) is 2. The van der Waals surface area contributed by atoms with Gasteiger partial charge in [-0.05, 0) is 37.5 Å². The van der Waals surface area contributed by atoms with E-state index in [0.29, 0.717) is 17.6 Å². The Bertz CT molecular complexity index is 248. The number of aliphatic hydroxyl groups is 1. The SMILES string of the molecule is O=C1CC2CC3CC(O)(C2)CC13. The largest absolute Gasteiger partial charge is 0.390 e. The first-order valence-corrected chi connectivity index (χ1v) is 4.91. The molecule has 0 aromatic carbocycles. The summed E-state index contributed by atoms with van der Waals surface area (Å²) in [6.07, 6.45) is 4.53. The Hall–Kier alpha value is -0.370. The fraction of sp³-hybridized carbons (Fsp3) is 0.900. The van der Waals surface area contributed by atoms with Crippen molar-refractivity contribution in [2.24, 2.45) is 17.8 Å². The Balaban J connectivity index is 2.03. The zero-order valence-electron chi connectivity index (χ0n) is 7.12. The number of rotatable bonds is 0. The minimum atomic E-state index is -0.440. The summed E-state index contributed by atoms with van der Waals surface area (Å²) in [7, 11) is 0. The Morgan fingerprint density at radius 3 is 3.00 bits per heavy atom. The number of carbonyl (C=O) groups is 1. The van der Waals surface area contributed by atoms with E-state index in [0.717, 1.165) is 25.7 Å². The van der Waals surface area contributed by atoms with E-state index in [1.807, 2.05) is 0 Å². The van der Waals surface area contributed by atoms with Gasteiger partial charge in [0, 0.05) is 12.3 Å². The third-order valence-corrected chi connectivity index (χ3v) is 4.02. The molecular weight excluding hydrogens is 152 g/mol. The van der Waals surface area contributed by atoms with Crippen LogP contribution in [0.1, 0.15) is 32.1 Å². The summed E-state index contributed by atoms with van der Waals surface area (Å²) < 4.78 is 0. The molecule has 0 aromatic rings. The van der Waals surface area contributed by atoms with Crippen LogP contribution >= 0.6 is 0 Å². The van der Waals surface area contributed by atoms with E-state index in [4.69, 9.17) is 0 Å². The van der Waals surface area contributed by atoms with Crippen LogP contribution in [0.3, 0.4) is 0 Å². The minimum Gasteiger partial charge on any atom is -0.390 e. The summed E-state index contributed by atoms with van der Waals surface area (Å²) in [5.41, 5.74) is -0.440. The van der Waals surface area contributed by atoms with Crippen LogP contribution in [0.2, 0.25) is 0 Å². The van der Waals surface area contributed by atoms with Crippen LogP contribution in [0.15, 0.2) is 0 Å². The molecule has 3 bridgehead atoms. The maximum absolute atomic E-state index is 11.5. The first kappa shape index (κ1) is 7.07.